The molecule has 0 aliphatic carbocycles. The first-order valence-electron chi connectivity index (χ1n) is 4.54. The van der Waals surface area contributed by atoms with Crippen molar-refractivity contribution in [2.45, 2.75) is 33.6 Å². The second-order valence-corrected chi connectivity index (χ2v) is 2.81. The molecule has 0 bridgehead atoms. The molecular formula is C10H18O2. The number of rotatable bonds is 5. The minimum atomic E-state index is -0.232. The Kier molecular flexibility index (Phi) is 6.44. The predicted octanol–water partition coefficient (Wildman–Crippen LogP) is 2.54. The highest BCUT2D eigenvalue weighted by Crippen LogP contribution is 2.07. The summed E-state index contributed by atoms with van der Waals surface area (Å²) < 4.78 is 5.00. The summed E-state index contributed by atoms with van der Waals surface area (Å²) in [5.41, 5.74) is 0. The third kappa shape index (κ3) is 4.94. The predicted molar refractivity (Wildman–Crippen MR) is 49.8 cm³/mol. The van der Waals surface area contributed by atoms with Gasteiger partial charge in [0.25, 0.3) is 0 Å². The number of esters is 1. The van der Waals surface area contributed by atoms with Gasteiger partial charge in [-0.2, -0.15) is 0 Å². The Hall–Kier alpha value is -0.790. The molecule has 0 rings (SSSR count). The molecule has 2 heteroatoms. The van der Waals surface area contributed by atoms with E-state index in [4.69, 9.17) is 4.74 Å². The van der Waals surface area contributed by atoms with Crippen LogP contribution < -0.4 is 0 Å². The second kappa shape index (κ2) is 6.89. The molecule has 0 aromatic carbocycles. The number of carbonyl (C=O) groups excluding carboxylic acids is 1. The lowest BCUT2D eigenvalue weighted by atomic mass is 10.1. The van der Waals surface area contributed by atoms with Crippen LogP contribution in [0.25, 0.3) is 0 Å². The van der Waals surface area contributed by atoms with Crippen molar-refractivity contribution in [3.8, 4) is 0 Å². The minimum Gasteiger partial charge on any atom is -0.462 e. The van der Waals surface area contributed by atoms with Crippen molar-refractivity contribution in [2.24, 2.45) is 5.92 Å². The molecule has 0 saturated heterocycles. The van der Waals surface area contributed by atoms with Crippen LogP contribution in [0.15, 0.2) is 12.2 Å². The third-order valence-electron chi connectivity index (χ3n) is 1.92. The normalized spacial score (nSPS) is 11.0. The van der Waals surface area contributed by atoms with Crippen LogP contribution in [0.5, 0.6) is 0 Å². The quantitative estimate of drug-likeness (QED) is 0.468. The van der Waals surface area contributed by atoms with Crippen molar-refractivity contribution in [1.29, 1.82) is 0 Å². The maximum Gasteiger partial charge on any atom is 0.330 e. The lowest BCUT2D eigenvalue weighted by Crippen LogP contribution is -2.11. The van der Waals surface area contributed by atoms with Crippen LogP contribution in [0.2, 0.25) is 0 Å². The first-order chi connectivity index (χ1) is 5.74. The molecule has 0 aromatic heterocycles. The van der Waals surface area contributed by atoms with Crippen LogP contribution >= 0.6 is 0 Å². The van der Waals surface area contributed by atoms with E-state index in [2.05, 4.69) is 13.8 Å². The first-order valence-corrected chi connectivity index (χ1v) is 4.54. The van der Waals surface area contributed by atoms with Gasteiger partial charge < -0.3 is 4.74 Å². The lowest BCUT2D eigenvalue weighted by Gasteiger charge is -2.10. The Bertz CT molecular complexity index is 146. The standard InChI is InChI=1S/C10H18O2/c1-4-7-10(11)12-8-9(5-2)6-3/h4,7,9H,5-6,8H2,1-3H3. The van der Waals surface area contributed by atoms with Gasteiger partial charge in [-0.3, -0.25) is 0 Å². The highest BCUT2D eigenvalue weighted by atomic mass is 16.5. The second-order valence-electron chi connectivity index (χ2n) is 2.81. The van der Waals surface area contributed by atoms with E-state index in [1.807, 2.05) is 0 Å². The molecule has 0 spiro atoms. The molecule has 0 radical (unpaired) electrons. The van der Waals surface area contributed by atoms with Crippen LogP contribution in [0.3, 0.4) is 0 Å². The molecule has 0 aliphatic rings. The van der Waals surface area contributed by atoms with E-state index in [1.165, 1.54) is 6.08 Å². The average molecular weight is 170 g/mol. The van der Waals surface area contributed by atoms with Gasteiger partial charge in [0.1, 0.15) is 0 Å². The van der Waals surface area contributed by atoms with Crippen LogP contribution in [-0.2, 0) is 9.53 Å². The van der Waals surface area contributed by atoms with Crippen molar-refractivity contribution in [3.63, 3.8) is 0 Å². The maximum absolute atomic E-state index is 10.9. The summed E-state index contributed by atoms with van der Waals surface area (Å²) in [6, 6.07) is 0. The molecule has 70 valence electrons. The molecule has 0 atom stereocenters. The monoisotopic (exact) mass is 170 g/mol. The van der Waals surface area contributed by atoms with E-state index >= 15 is 0 Å². The van der Waals surface area contributed by atoms with Crippen molar-refractivity contribution >= 4 is 5.97 Å². The number of carbonyl (C=O) groups is 1. The van der Waals surface area contributed by atoms with Gasteiger partial charge in [-0.15, -0.1) is 0 Å². The van der Waals surface area contributed by atoms with E-state index < -0.39 is 0 Å². The molecule has 0 aliphatic heterocycles. The molecule has 0 saturated carbocycles. The molecular weight excluding hydrogens is 152 g/mol. The van der Waals surface area contributed by atoms with Crippen molar-refractivity contribution < 1.29 is 9.53 Å². The summed E-state index contributed by atoms with van der Waals surface area (Å²) in [5.74, 6) is 0.281. The average Bonchev–Trinajstić information content (AvgIpc) is 2.07. The van der Waals surface area contributed by atoms with Crippen LogP contribution in [0.4, 0.5) is 0 Å². The van der Waals surface area contributed by atoms with Crippen LogP contribution in [0, 0.1) is 5.92 Å². The first kappa shape index (κ1) is 11.2. The Morgan fingerprint density at radius 3 is 2.42 bits per heavy atom. The zero-order chi connectivity index (χ0) is 9.40. The number of allylic oxidation sites excluding steroid dienone is 1. The molecule has 0 amide bonds. The topological polar surface area (TPSA) is 26.3 Å². The van der Waals surface area contributed by atoms with E-state index in [-0.39, 0.29) is 5.97 Å². The molecule has 0 heterocycles. The summed E-state index contributed by atoms with van der Waals surface area (Å²) in [4.78, 5) is 10.9. The van der Waals surface area contributed by atoms with Crippen molar-refractivity contribution in [2.75, 3.05) is 6.61 Å². The molecule has 0 aromatic rings. The van der Waals surface area contributed by atoms with Gasteiger partial charge in [0, 0.05) is 6.08 Å². The molecule has 12 heavy (non-hydrogen) atoms. The minimum absolute atomic E-state index is 0.232. The Labute approximate surface area is 74.6 Å². The number of hydrogen-bond donors (Lipinski definition) is 0. The number of ether oxygens (including phenoxy) is 1. The van der Waals surface area contributed by atoms with Crippen LogP contribution in [0.1, 0.15) is 33.6 Å². The maximum atomic E-state index is 10.9. The molecule has 0 unspecified atom stereocenters. The van der Waals surface area contributed by atoms with E-state index in [1.54, 1.807) is 13.0 Å². The van der Waals surface area contributed by atoms with Crippen molar-refractivity contribution in [3.05, 3.63) is 12.2 Å². The van der Waals surface area contributed by atoms with Gasteiger partial charge in [0.2, 0.25) is 0 Å². The lowest BCUT2D eigenvalue weighted by molar-refractivity contribution is -0.139. The number of hydrogen-bond acceptors (Lipinski definition) is 2. The fourth-order valence-corrected chi connectivity index (χ4v) is 0.909. The fraction of sp³-hybridized carbons (Fsp3) is 0.700. The van der Waals surface area contributed by atoms with E-state index in [0.29, 0.717) is 12.5 Å². The zero-order valence-electron chi connectivity index (χ0n) is 8.17. The van der Waals surface area contributed by atoms with E-state index in [0.717, 1.165) is 12.8 Å². The molecule has 0 fully saturated rings. The zero-order valence-corrected chi connectivity index (χ0v) is 8.17. The van der Waals surface area contributed by atoms with Gasteiger partial charge in [-0.05, 0) is 12.8 Å². The summed E-state index contributed by atoms with van der Waals surface area (Å²) in [5, 5.41) is 0. The molecule has 2 nitrogen and oxygen atoms in total. The highest BCUT2D eigenvalue weighted by molar-refractivity contribution is 5.81. The van der Waals surface area contributed by atoms with Gasteiger partial charge in [0.15, 0.2) is 0 Å². The van der Waals surface area contributed by atoms with Gasteiger partial charge >= 0.3 is 5.97 Å². The van der Waals surface area contributed by atoms with Crippen molar-refractivity contribution in [1.82, 2.24) is 0 Å². The summed E-state index contributed by atoms with van der Waals surface area (Å²) in [7, 11) is 0. The Morgan fingerprint density at radius 2 is 2.00 bits per heavy atom. The summed E-state index contributed by atoms with van der Waals surface area (Å²) >= 11 is 0. The third-order valence-corrected chi connectivity index (χ3v) is 1.92. The smallest absolute Gasteiger partial charge is 0.330 e. The summed E-state index contributed by atoms with van der Waals surface area (Å²) in [6.07, 6.45) is 5.27. The SMILES string of the molecule is CC=CC(=O)OCC(CC)CC. The Morgan fingerprint density at radius 1 is 1.42 bits per heavy atom. The van der Waals surface area contributed by atoms with Gasteiger partial charge in [0.05, 0.1) is 6.61 Å². The van der Waals surface area contributed by atoms with E-state index in [9.17, 15) is 4.79 Å². The Balaban J connectivity index is 3.58. The van der Waals surface area contributed by atoms with Crippen LogP contribution in [-0.4, -0.2) is 12.6 Å². The summed E-state index contributed by atoms with van der Waals surface area (Å²) in [6.45, 7) is 6.57. The van der Waals surface area contributed by atoms with Gasteiger partial charge in [-0.1, -0.05) is 32.8 Å². The highest BCUT2D eigenvalue weighted by Gasteiger charge is 2.05. The fourth-order valence-electron chi connectivity index (χ4n) is 0.909. The largest absolute Gasteiger partial charge is 0.462 e. The molecule has 0 N–H and O–H groups in total. The van der Waals surface area contributed by atoms with Gasteiger partial charge in [-0.25, -0.2) is 4.79 Å².